The fourth-order valence-electron chi connectivity index (χ4n) is 2.59. The number of rotatable bonds is 6. The maximum Gasteiger partial charge on any atom is 0.416 e. The Morgan fingerprint density at radius 2 is 1.72 bits per heavy atom. The van der Waals surface area contributed by atoms with Crippen molar-refractivity contribution in [1.29, 1.82) is 0 Å². The third-order valence-corrected chi connectivity index (χ3v) is 6.28. The van der Waals surface area contributed by atoms with Gasteiger partial charge in [0.15, 0.2) is 0 Å². The molecule has 0 spiro atoms. The van der Waals surface area contributed by atoms with Crippen LogP contribution in [0.15, 0.2) is 70.2 Å². The molecule has 0 atom stereocenters. The summed E-state index contributed by atoms with van der Waals surface area (Å²) >= 11 is 7.70. The largest absolute Gasteiger partial charge is 0.487 e. The van der Waals surface area contributed by atoms with Crippen molar-refractivity contribution in [2.45, 2.75) is 12.8 Å². The molecule has 3 aromatic carbocycles. The van der Waals surface area contributed by atoms with Crippen molar-refractivity contribution in [2.24, 2.45) is 5.10 Å². The van der Waals surface area contributed by atoms with Crippen molar-refractivity contribution in [3.63, 3.8) is 0 Å². The Morgan fingerprint density at radius 3 is 2.34 bits per heavy atom. The second-order valence-corrected chi connectivity index (χ2v) is 9.75. The van der Waals surface area contributed by atoms with Crippen molar-refractivity contribution < 1.29 is 22.7 Å². The molecule has 0 saturated heterocycles. The molecule has 1 N–H and O–H groups in total. The number of hydrazone groups is 1. The standard InChI is InChI=1S/C22H14BrF3I2N2O2/c23-17-6-4-13(5-7-17)12-32-20-18(27)8-14(9-19(20)28)11-29-30-21(31)15-2-1-3-16(10-15)22(24,25)26/h1-11H,12H2,(H,30,31)/b29-11-. The van der Waals surface area contributed by atoms with Gasteiger partial charge in [0.1, 0.15) is 12.4 Å². The molecule has 0 radical (unpaired) electrons. The number of nitrogens with zero attached hydrogens (tertiary/aromatic N) is 1. The molecule has 0 aliphatic heterocycles. The monoisotopic (exact) mass is 728 g/mol. The SMILES string of the molecule is O=C(N/N=C\c1cc(I)c(OCc2ccc(Br)cc2)c(I)c1)c1cccc(C(F)(F)F)c1. The first-order valence-electron chi connectivity index (χ1n) is 9.00. The summed E-state index contributed by atoms with van der Waals surface area (Å²) in [4.78, 5) is 12.1. The zero-order valence-corrected chi connectivity index (χ0v) is 22.0. The Hall–Kier alpha value is -1.67. The van der Waals surface area contributed by atoms with Crippen LogP contribution in [0.25, 0.3) is 0 Å². The van der Waals surface area contributed by atoms with Gasteiger partial charge in [-0.1, -0.05) is 34.1 Å². The van der Waals surface area contributed by atoms with E-state index in [4.69, 9.17) is 4.74 Å². The summed E-state index contributed by atoms with van der Waals surface area (Å²) in [5.41, 5.74) is 2.97. The van der Waals surface area contributed by atoms with Crippen LogP contribution in [-0.4, -0.2) is 12.1 Å². The molecule has 3 aromatic rings. The van der Waals surface area contributed by atoms with Crippen LogP contribution in [0.5, 0.6) is 5.75 Å². The Balaban J connectivity index is 1.65. The molecule has 0 aliphatic rings. The molecular formula is C22H14BrF3I2N2O2. The van der Waals surface area contributed by atoms with E-state index in [1.54, 1.807) is 0 Å². The fourth-order valence-corrected chi connectivity index (χ4v) is 4.99. The predicted molar refractivity (Wildman–Crippen MR) is 137 cm³/mol. The predicted octanol–water partition coefficient (Wildman–Crippen LogP) is 7.02. The molecule has 166 valence electrons. The summed E-state index contributed by atoms with van der Waals surface area (Å²) in [7, 11) is 0. The van der Waals surface area contributed by atoms with E-state index in [9.17, 15) is 18.0 Å². The van der Waals surface area contributed by atoms with E-state index in [0.717, 1.165) is 35.1 Å². The minimum atomic E-state index is -4.52. The maximum atomic E-state index is 12.8. The van der Waals surface area contributed by atoms with Gasteiger partial charge in [0.25, 0.3) is 5.91 Å². The van der Waals surface area contributed by atoms with Gasteiger partial charge in [0.2, 0.25) is 0 Å². The number of alkyl halides is 3. The molecular weight excluding hydrogens is 715 g/mol. The van der Waals surface area contributed by atoms with Crippen molar-refractivity contribution in [2.75, 3.05) is 0 Å². The van der Waals surface area contributed by atoms with Crippen LogP contribution in [0.4, 0.5) is 13.2 Å². The van der Waals surface area contributed by atoms with Crippen LogP contribution in [0, 0.1) is 7.14 Å². The number of benzene rings is 3. The normalized spacial score (nSPS) is 11.6. The van der Waals surface area contributed by atoms with E-state index in [1.807, 2.05) is 36.4 Å². The smallest absolute Gasteiger partial charge is 0.416 e. The molecule has 0 aliphatic carbocycles. The van der Waals surface area contributed by atoms with E-state index >= 15 is 0 Å². The Bertz CT molecular complexity index is 1130. The zero-order chi connectivity index (χ0) is 23.3. The van der Waals surface area contributed by atoms with Crippen molar-refractivity contribution in [3.05, 3.63) is 94.5 Å². The highest BCUT2D eigenvalue weighted by Gasteiger charge is 2.30. The third kappa shape index (κ3) is 6.91. The lowest BCUT2D eigenvalue weighted by molar-refractivity contribution is -0.137. The summed E-state index contributed by atoms with van der Waals surface area (Å²) in [6, 6.07) is 15.7. The van der Waals surface area contributed by atoms with E-state index < -0.39 is 17.6 Å². The molecule has 0 unspecified atom stereocenters. The second-order valence-electron chi connectivity index (χ2n) is 6.51. The summed E-state index contributed by atoms with van der Waals surface area (Å²) in [6.45, 7) is 0.416. The number of carbonyl (C=O) groups is 1. The quantitative estimate of drug-likeness (QED) is 0.169. The zero-order valence-electron chi connectivity index (χ0n) is 16.1. The average Bonchev–Trinajstić information content (AvgIpc) is 2.74. The summed E-state index contributed by atoms with van der Waals surface area (Å²) < 4.78 is 47.1. The molecule has 4 nitrogen and oxygen atoms in total. The van der Waals surface area contributed by atoms with Crippen LogP contribution in [-0.2, 0) is 12.8 Å². The van der Waals surface area contributed by atoms with Crippen LogP contribution < -0.4 is 10.2 Å². The number of ether oxygens (including phenoxy) is 1. The van der Waals surface area contributed by atoms with Crippen molar-refractivity contribution in [3.8, 4) is 5.75 Å². The van der Waals surface area contributed by atoms with Gasteiger partial charge in [-0.25, -0.2) is 5.43 Å². The van der Waals surface area contributed by atoms with Gasteiger partial charge in [-0.15, -0.1) is 0 Å². The fraction of sp³-hybridized carbons (Fsp3) is 0.0909. The van der Waals surface area contributed by atoms with Gasteiger partial charge >= 0.3 is 6.18 Å². The molecule has 0 heterocycles. The lowest BCUT2D eigenvalue weighted by Crippen LogP contribution is -2.18. The lowest BCUT2D eigenvalue weighted by Gasteiger charge is -2.11. The number of carbonyl (C=O) groups excluding carboxylic acids is 1. The van der Waals surface area contributed by atoms with Crippen LogP contribution >= 0.6 is 61.1 Å². The molecule has 0 aromatic heterocycles. The minimum Gasteiger partial charge on any atom is -0.487 e. The molecule has 3 rings (SSSR count). The van der Waals surface area contributed by atoms with E-state index in [-0.39, 0.29) is 5.56 Å². The molecule has 10 heteroatoms. The minimum absolute atomic E-state index is 0.127. The Labute approximate surface area is 218 Å². The van der Waals surface area contributed by atoms with Gasteiger partial charge < -0.3 is 4.74 Å². The maximum absolute atomic E-state index is 12.8. The highest BCUT2D eigenvalue weighted by atomic mass is 127. The highest BCUT2D eigenvalue weighted by molar-refractivity contribution is 14.1. The molecule has 0 fully saturated rings. The molecule has 0 saturated carbocycles. The topological polar surface area (TPSA) is 50.7 Å². The number of hydrogen-bond donors (Lipinski definition) is 1. The Kier molecular flexibility index (Phi) is 8.55. The van der Waals surface area contributed by atoms with Crippen molar-refractivity contribution >= 4 is 73.2 Å². The van der Waals surface area contributed by atoms with Gasteiger partial charge in [-0.3, -0.25) is 4.79 Å². The first-order chi connectivity index (χ1) is 15.1. The summed E-state index contributed by atoms with van der Waals surface area (Å²) in [6.07, 6.45) is -3.09. The van der Waals surface area contributed by atoms with Crippen LogP contribution in [0.1, 0.15) is 27.0 Å². The average molecular weight is 729 g/mol. The molecule has 32 heavy (non-hydrogen) atoms. The summed E-state index contributed by atoms with van der Waals surface area (Å²) in [5, 5.41) is 3.87. The third-order valence-electron chi connectivity index (χ3n) is 4.15. The van der Waals surface area contributed by atoms with Gasteiger partial charge in [0, 0.05) is 10.0 Å². The first kappa shape index (κ1) is 25.0. The lowest BCUT2D eigenvalue weighted by atomic mass is 10.1. The summed E-state index contributed by atoms with van der Waals surface area (Å²) in [5.74, 6) is 0.00506. The number of nitrogens with one attached hydrogen (secondary N) is 1. The number of halogens is 6. The van der Waals surface area contributed by atoms with Crippen LogP contribution in [0.2, 0.25) is 0 Å². The number of amides is 1. The molecule has 1 amide bonds. The van der Waals surface area contributed by atoms with E-state index in [2.05, 4.69) is 71.6 Å². The van der Waals surface area contributed by atoms with Gasteiger partial charge in [-0.05, 0) is 98.8 Å². The number of hydrogen-bond acceptors (Lipinski definition) is 3. The van der Waals surface area contributed by atoms with Gasteiger partial charge in [0.05, 0.1) is 18.9 Å². The van der Waals surface area contributed by atoms with Crippen LogP contribution in [0.3, 0.4) is 0 Å². The molecule has 0 bridgehead atoms. The highest BCUT2D eigenvalue weighted by Crippen LogP contribution is 2.30. The van der Waals surface area contributed by atoms with E-state index in [0.29, 0.717) is 12.2 Å². The first-order valence-corrected chi connectivity index (χ1v) is 12.0. The van der Waals surface area contributed by atoms with E-state index in [1.165, 1.54) is 18.3 Å². The second kappa shape index (κ2) is 11.0. The van der Waals surface area contributed by atoms with Crippen molar-refractivity contribution in [1.82, 2.24) is 5.43 Å². The van der Waals surface area contributed by atoms with Gasteiger partial charge in [-0.2, -0.15) is 18.3 Å². The Morgan fingerprint density at radius 1 is 1.06 bits per heavy atom.